The van der Waals surface area contributed by atoms with Crippen molar-refractivity contribution in [3.63, 3.8) is 0 Å². The minimum absolute atomic E-state index is 0.534. The summed E-state index contributed by atoms with van der Waals surface area (Å²) in [6.45, 7) is 4.72. The van der Waals surface area contributed by atoms with Gasteiger partial charge >= 0.3 is 0 Å². The molecule has 0 amide bonds. The Morgan fingerprint density at radius 1 is 1.55 bits per heavy atom. The fraction of sp³-hybridized carbons (Fsp3) is 0.800. The molecule has 1 heteroatoms. The number of methoxy groups -OCH3 is 1. The summed E-state index contributed by atoms with van der Waals surface area (Å²) >= 11 is 0. The molecule has 0 aromatic carbocycles. The van der Waals surface area contributed by atoms with E-state index >= 15 is 0 Å². The predicted molar refractivity (Wildman–Crippen MR) is 45.1 cm³/mol. The molecular weight excluding hydrogens is 136 g/mol. The van der Waals surface area contributed by atoms with E-state index in [2.05, 4.69) is 19.9 Å². The summed E-state index contributed by atoms with van der Waals surface area (Å²) < 4.78 is 5.30. The van der Waals surface area contributed by atoms with Crippen molar-refractivity contribution >= 4 is 0 Å². The molecule has 0 radical (unpaired) electrons. The average Bonchev–Trinajstić information content (AvgIpc) is 2.68. The van der Waals surface area contributed by atoms with E-state index in [1.54, 1.807) is 7.11 Å². The molecule has 0 saturated heterocycles. The normalized spacial score (nSPS) is 39.0. The van der Waals surface area contributed by atoms with E-state index in [9.17, 15) is 0 Å². The van der Waals surface area contributed by atoms with Crippen LogP contribution in [-0.2, 0) is 4.74 Å². The molecule has 2 aliphatic carbocycles. The lowest BCUT2D eigenvalue weighted by atomic mass is 9.79. The van der Waals surface area contributed by atoms with Gasteiger partial charge in [-0.15, -0.1) is 0 Å². The fourth-order valence-corrected chi connectivity index (χ4v) is 2.27. The summed E-state index contributed by atoms with van der Waals surface area (Å²) in [6.07, 6.45) is 4.82. The minimum atomic E-state index is 0.534. The molecule has 2 atom stereocenters. The molecule has 0 aromatic heterocycles. The van der Waals surface area contributed by atoms with Crippen LogP contribution >= 0.6 is 0 Å². The highest BCUT2D eigenvalue weighted by atomic mass is 16.5. The Hall–Kier alpha value is -0.460. The van der Waals surface area contributed by atoms with Gasteiger partial charge in [0, 0.05) is 5.92 Å². The zero-order valence-electron chi connectivity index (χ0n) is 7.55. The summed E-state index contributed by atoms with van der Waals surface area (Å²) in [4.78, 5) is 0. The maximum absolute atomic E-state index is 5.30. The average molecular weight is 152 g/mol. The van der Waals surface area contributed by atoms with Crippen molar-refractivity contribution in [3.05, 3.63) is 11.8 Å². The summed E-state index contributed by atoms with van der Waals surface area (Å²) in [5.74, 6) is 2.92. The number of rotatable bonds is 1. The highest BCUT2D eigenvalue weighted by Crippen LogP contribution is 2.59. The topological polar surface area (TPSA) is 9.23 Å². The van der Waals surface area contributed by atoms with Crippen molar-refractivity contribution in [1.29, 1.82) is 0 Å². The Morgan fingerprint density at radius 3 is 2.91 bits per heavy atom. The van der Waals surface area contributed by atoms with Crippen molar-refractivity contribution in [3.8, 4) is 0 Å². The van der Waals surface area contributed by atoms with Gasteiger partial charge in [0.25, 0.3) is 0 Å². The Kier molecular flexibility index (Phi) is 1.33. The lowest BCUT2D eigenvalue weighted by molar-refractivity contribution is 0.213. The van der Waals surface area contributed by atoms with Crippen molar-refractivity contribution < 1.29 is 4.74 Å². The Bertz CT molecular complexity index is 203. The maximum Gasteiger partial charge on any atom is 0.0949 e. The molecule has 11 heavy (non-hydrogen) atoms. The lowest BCUT2D eigenvalue weighted by Gasteiger charge is -2.27. The van der Waals surface area contributed by atoms with Crippen molar-refractivity contribution in [2.45, 2.75) is 26.7 Å². The van der Waals surface area contributed by atoms with Crippen molar-refractivity contribution in [2.24, 2.45) is 17.3 Å². The van der Waals surface area contributed by atoms with E-state index in [4.69, 9.17) is 4.74 Å². The van der Waals surface area contributed by atoms with Gasteiger partial charge in [-0.3, -0.25) is 0 Å². The van der Waals surface area contributed by atoms with Crippen molar-refractivity contribution in [1.82, 2.24) is 0 Å². The second kappa shape index (κ2) is 2.02. The summed E-state index contributed by atoms with van der Waals surface area (Å²) in [6, 6.07) is 0. The summed E-state index contributed by atoms with van der Waals surface area (Å²) in [5, 5.41) is 0. The molecule has 0 heterocycles. The summed E-state index contributed by atoms with van der Waals surface area (Å²) in [7, 11) is 1.79. The number of hydrogen-bond donors (Lipinski definition) is 0. The van der Waals surface area contributed by atoms with Crippen LogP contribution in [0.15, 0.2) is 11.8 Å². The van der Waals surface area contributed by atoms with Gasteiger partial charge in [0.1, 0.15) is 0 Å². The zero-order chi connectivity index (χ0) is 8.06. The van der Waals surface area contributed by atoms with Gasteiger partial charge in [-0.25, -0.2) is 0 Å². The van der Waals surface area contributed by atoms with Crippen LogP contribution in [0.25, 0.3) is 0 Å². The first-order valence-corrected chi connectivity index (χ1v) is 4.39. The quantitative estimate of drug-likeness (QED) is 0.561. The van der Waals surface area contributed by atoms with Gasteiger partial charge in [-0.2, -0.15) is 0 Å². The Labute approximate surface area is 68.4 Å². The second-order valence-electron chi connectivity index (χ2n) is 4.45. The highest BCUT2D eigenvalue weighted by Gasteiger charge is 2.51. The maximum atomic E-state index is 5.30. The van der Waals surface area contributed by atoms with E-state index in [0.717, 1.165) is 11.8 Å². The third-order valence-electron chi connectivity index (χ3n) is 3.22. The van der Waals surface area contributed by atoms with Gasteiger partial charge in [-0.05, 0) is 30.3 Å². The second-order valence-corrected chi connectivity index (χ2v) is 4.45. The standard InChI is InChI=1S/C10H16O/c1-10(2)5-4-9(11-3)7-6-8(7)10/h4,7-8H,5-6H2,1-3H3. The molecule has 0 aliphatic heterocycles. The van der Waals surface area contributed by atoms with Crippen LogP contribution < -0.4 is 0 Å². The largest absolute Gasteiger partial charge is 0.501 e. The molecule has 0 N–H and O–H groups in total. The van der Waals surface area contributed by atoms with Crippen LogP contribution in [0.1, 0.15) is 26.7 Å². The first-order chi connectivity index (χ1) is 5.15. The van der Waals surface area contributed by atoms with Gasteiger partial charge in [0.2, 0.25) is 0 Å². The zero-order valence-corrected chi connectivity index (χ0v) is 7.55. The first-order valence-electron chi connectivity index (χ1n) is 4.39. The number of fused-ring (bicyclic) bond motifs is 1. The molecule has 0 spiro atoms. The van der Waals surface area contributed by atoms with E-state index in [1.165, 1.54) is 18.6 Å². The third kappa shape index (κ3) is 0.979. The summed E-state index contributed by atoms with van der Waals surface area (Å²) in [5.41, 5.74) is 0.534. The lowest BCUT2D eigenvalue weighted by Crippen LogP contribution is -2.18. The Morgan fingerprint density at radius 2 is 2.27 bits per heavy atom. The van der Waals surface area contributed by atoms with Gasteiger partial charge in [0.15, 0.2) is 0 Å². The van der Waals surface area contributed by atoms with Gasteiger partial charge in [-0.1, -0.05) is 13.8 Å². The van der Waals surface area contributed by atoms with Crippen LogP contribution in [-0.4, -0.2) is 7.11 Å². The van der Waals surface area contributed by atoms with E-state index in [-0.39, 0.29) is 0 Å². The van der Waals surface area contributed by atoms with Gasteiger partial charge in [0.05, 0.1) is 12.9 Å². The van der Waals surface area contributed by atoms with Crippen LogP contribution in [0.4, 0.5) is 0 Å². The predicted octanol–water partition coefficient (Wildman–Crippen LogP) is 2.58. The fourth-order valence-electron chi connectivity index (χ4n) is 2.27. The van der Waals surface area contributed by atoms with E-state index in [0.29, 0.717) is 5.41 Å². The van der Waals surface area contributed by atoms with Crippen LogP contribution in [0, 0.1) is 17.3 Å². The van der Waals surface area contributed by atoms with Crippen molar-refractivity contribution in [2.75, 3.05) is 7.11 Å². The van der Waals surface area contributed by atoms with E-state index < -0.39 is 0 Å². The third-order valence-corrected chi connectivity index (χ3v) is 3.22. The number of hydrogen-bond acceptors (Lipinski definition) is 1. The Balaban J connectivity index is 2.18. The monoisotopic (exact) mass is 152 g/mol. The molecule has 0 aromatic rings. The minimum Gasteiger partial charge on any atom is -0.501 e. The molecule has 2 unspecified atom stereocenters. The number of ether oxygens (including phenoxy) is 1. The molecule has 2 aliphatic rings. The molecule has 0 bridgehead atoms. The smallest absolute Gasteiger partial charge is 0.0949 e. The number of allylic oxidation sites excluding steroid dienone is 2. The molecule has 1 saturated carbocycles. The highest BCUT2D eigenvalue weighted by molar-refractivity contribution is 5.18. The SMILES string of the molecule is COC1=CCC(C)(C)C2CC12. The molecular formula is C10H16O. The molecule has 1 nitrogen and oxygen atoms in total. The molecule has 62 valence electrons. The molecule has 2 rings (SSSR count). The first kappa shape index (κ1) is 7.20. The molecule has 1 fully saturated rings. The van der Waals surface area contributed by atoms with Gasteiger partial charge < -0.3 is 4.74 Å². The van der Waals surface area contributed by atoms with Crippen LogP contribution in [0.2, 0.25) is 0 Å². The van der Waals surface area contributed by atoms with Crippen LogP contribution in [0.3, 0.4) is 0 Å². The van der Waals surface area contributed by atoms with Crippen LogP contribution in [0.5, 0.6) is 0 Å². The van der Waals surface area contributed by atoms with E-state index in [1.807, 2.05) is 0 Å².